The molecule has 0 aliphatic rings. The van der Waals surface area contributed by atoms with E-state index in [1.165, 1.54) is 0 Å². The van der Waals surface area contributed by atoms with Crippen LogP contribution in [0.5, 0.6) is 0 Å². The zero-order valence-corrected chi connectivity index (χ0v) is 8.99. The predicted molar refractivity (Wildman–Crippen MR) is 53.0 cm³/mol. The van der Waals surface area contributed by atoms with Crippen molar-refractivity contribution in [2.45, 2.75) is 39.2 Å². The summed E-state index contributed by atoms with van der Waals surface area (Å²) in [5, 5.41) is 9.29. The number of aliphatic hydroxyl groups is 1. The standard InChI is InChI=1S/C10H20O4/c1-3-5-6-13-7-9(11)8-14-10(12)4-2/h9,11H,3-8H2,1-2H3. The van der Waals surface area contributed by atoms with E-state index in [0.717, 1.165) is 12.8 Å². The lowest BCUT2D eigenvalue weighted by atomic mass is 10.3. The van der Waals surface area contributed by atoms with Crippen LogP contribution in [0, 0.1) is 0 Å². The number of hydrogen-bond donors (Lipinski definition) is 1. The topological polar surface area (TPSA) is 55.8 Å². The molecule has 14 heavy (non-hydrogen) atoms. The number of rotatable bonds is 8. The van der Waals surface area contributed by atoms with E-state index in [9.17, 15) is 9.90 Å². The van der Waals surface area contributed by atoms with Gasteiger partial charge >= 0.3 is 5.97 Å². The van der Waals surface area contributed by atoms with Crippen LogP contribution >= 0.6 is 0 Å². The molecule has 84 valence electrons. The van der Waals surface area contributed by atoms with Crippen LogP contribution in [0.3, 0.4) is 0 Å². The summed E-state index contributed by atoms with van der Waals surface area (Å²) in [7, 11) is 0. The van der Waals surface area contributed by atoms with Crippen LogP contribution < -0.4 is 0 Å². The Labute approximate surface area is 85.2 Å². The average Bonchev–Trinajstić information content (AvgIpc) is 2.21. The minimum absolute atomic E-state index is 0.0266. The van der Waals surface area contributed by atoms with E-state index in [1.807, 2.05) is 0 Å². The van der Waals surface area contributed by atoms with E-state index in [4.69, 9.17) is 9.47 Å². The predicted octanol–water partition coefficient (Wildman–Crippen LogP) is 1.12. The van der Waals surface area contributed by atoms with Gasteiger partial charge in [0.1, 0.15) is 12.7 Å². The van der Waals surface area contributed by atoms with Gasteiger partial charge in [0.05, 0.1) is 6.61 Å². The van der Waals surface area contributed by atoms with Crippen LogP contribution in [0.4, 0.5) is 0 Å². The molecule has 0 amide bonds. The van der Waals surface area contributed by atoms with E-state index in [1.54, 1.807) is 6.92 Å². The lowest BCUT2D eigenvalue weighted by molar-refractivity contribution is -0.147. The van der Waals surface area contributed by atoms with Crippen molar-refractivity contribution in [3.63, 3.8) is 0 Å². The first-order valence-corrected chi connectivity index (χ1v) is 5.12. The summed E-state index contributed by atoms with van der Waals surface area (Å²) >= 11 is 0. The Hall–Kier alpha value is -0.610. The van der Waals surface area contributed by atoms with Crippen molar-refractivity contribution in [2.75, 3.05) is 19.8 Å². The molecule has 1 unspecified atom stereocenters. The van der Waals surface area contributed by atoms with Gasteiger partial charge < -0.3 is 14.6 Å². The van der Waals surface area contributed by atoms with Crippen molar-refractivity contribution in [3.05, 3.63) is 0 Å². The molecule has 0 radical (unpaired) electrons. The van der Waals surface area contributed by atoms with Crippen molar-refractivity contribution in [2.24, 2.45) is 0 Å². The summed E-state index contributed by atoms with van der Waals surface area (Å²) in [6.45, 7) is 4.69. The molecule has 4 nitrogen and oxygen atoms in total. The minimum Gasteiger partial charge on any atom is -0.463 e. The van der Waals surface area contributed by atoms with Crippen LogP contribution in [0.1, 0.15) is 33.1 Å². The summed E-state index contributed by atoms with van der Waals surface area (Å²) in [6.07, 6.45) is 1.69. The van der Waals surface area contributed by atoms with Gasteiger partial charge in [-0.15, -0.1) is 0 Å². The molecule has 0 aromatic carbocycles. The Kier molecular flexibility index (Phi) is 8.57. The fourth-order valence-corrected chi connectivity index (χ4v) is 0.805. The zero-order valence-electron chi connectivity index (χ0n) is 8.99. The molecular weight excluding hydrogens is 184 g/mol. The van der Waals surface area contributed by atoms with Gasteiger partial charge in [0.15, 0.2) is 0 Å². The van der Waals surface area contributed by atoms with E-state index in [0.29, 0.717) is 13.0 Å². The lowest BCUT2D eigenvalue weighted by Crippen LogP contribution is -2.23. The number of esters is 1. The third-order valence-electron chi connectivity index (χ3n) is 1.68. The van der Waals surface area contributed by atoms with Gasteiger partial charge in [-0.05, 0) is 6.42 Å². The monoisotopic (exact) mass is 204 g/mol. The van der Waals surface area contributed by atoms with Crippen LogP contribution in [0.25, 0.3) is 0 Å². The number of aliphatic hydroxyl groups excluding tert-OH is 1. The Morgan fingerprint density at radius 3 is 2.64 bits per heavy atom. The highest BCUT2D eigenvalue weighted by atomic mass is 16.5. The highest BCUT2D eigenvalue weighted by Crippen LogP contribution is 1.93. The molecule has 0 fully saturated rings. The van der Waals surface area contributed by atoms with Crippen LogP contribution in [-0.4, -0.2) is 37.0 Å². The van der Waals surface area contributed by atoms with Crippen LogP contribution in [0.15, 0.2) is 0 Å². The second kappa shape index (κ2) is 8.97. The van der Waals surface area contributed by atoms with E-state index in [-0.39, 0.29) is 19.2 Å². The maximum absolute atomic E-state index is 10.7. The van der Waals surface area contributed by atoms with E-state index >= 15 is 0 Å². The lowest BCUT2D eigenvalue weighted by Gasteiger charge is -2.11. The van der Waals surface area contributed by atoms with Crippen molar-refractivity contribution in [3.8, 4) is 0 Å². The van der Waals surface area contributed by atoms with Gasteiger partial charge in [0, 0.05) is 13.0 Å². The Bertz CT molecular complexity index is 147. The third kappa shape index (κ3) is 8.01. The van der Waals surface area contributed by atoms with Crippen molar-refractivity contribution in [1.82, 2.24) is 0 Å². The molecule has 1 atom stereocenters. The molecule has 0 rings (SSSR count). The molecule has 0 aromatic rings. The summed E-state index contributed by atoms with van der Waals surface area (Å²) in [4.78, 5) is 10.7. The van der Waals surface area contributed by atoms with Crippen LogP contribution in [-0.2, 0) is 14.3 Å². The van der Waals surface area contributed by atoms with Gasteiger partial charge in [-0.3, -0.25) is 4.79 Å². The quantitative estimate of drug-likeness (QED) is 0.475. The highest BCUT2D eigenvalue weighted by Gasteiger charge is 2.07. The van der Waals surface area contributed by atoms with Gasteiger partial charge in [0.2, 0.25) is 0 Å². The molecule has 0 aromatic heterocycles. The maximum atomic E-state index is 10.7. The molecule has 0 aliphatic carbocycles. The largest absolute Gasteiger partial charge is 0.463 e. The fraction of sp³-hybridized carbons (Fsp3) is 0.900. The second-order valence-corrected chi connectivity index (χ2v) is 3.12. The number of unbranched alkanes of at least 4 members (excludes halogenated alkanes) is 1. The van der Waals surface area contributed by atoms with Crippen molar-refractivity contribution >= 4 is 5.97 Å². The minimum atomic E-state index is -0.706. The maximum Gasteiger partial charge on any atom is 0.305 e. The van der Waals surface area contributed by atoms with Gasteiger partial charge in [-0.25, -0.2) is 0 Å². The first-order valence-electron chi connectivity index (χ1n) is 5.12. The molecule has 0 aliphatic heterocycles. The number of carbonyl (C=O) groups is 1. The third-order valence-corrected chi connectivity index (χ3v) is 1.68. The fourth-order valence-electron chi connectivity index (χ4n) is 0.805. The molecule has 0 saturated heterocycles. The second-order valence-electron chi connectivity index (χ2n) is 3.12. The Morgan fingerprint density at radius 1 is 1.36 bits per heavy atom. The van der Waals surface area contributed by atoms with Gasteiger partial charge in [0.25, 0.3) is 0 Å². The van der Waals surface area contributed by atoms with Gasteiger partial charge in [-0.1, -0.05) is 20.3 Å². The molecule has 0 saturated carbocycles. The molecule has 0 heterocycles. The normalized spacial score (nSPS) is 12.5. The molecular formula is C10H20O4. The summed E-state index contributed by atoms with van der Waals surface area (Å²) in [5.41, 5.74) is 0. The van der Waals surface area contributed by atoms with Crippen molar-refractivity contribution < 1.29 is 19.4 Å². The first-order chi connectivity index (χ1) is 6.70. The average molecular weight is 204 g/mol. The number of ether oxygens (including phenoxy) is 2. The summed E-state index contributed by atoms with van der Waals surface area (Å²) < 4.78 is 9.90. The molecule has 0 bridgehead atoms. The molecule has 1 N–H and O–H groups in total. The Balaban J connectivity index is 3.27. The zero-order chi connectivity index (χ0) is 10.8. The van der Waals surface area contributed by atoms with Crippen molar-refractivity contribution in [1.29, 1.82) is 0 Å². The Morgan fingerprint density at radius 2 is 2.07 bits per heavy atom. The first kappa shape index (κ1) is 13.4. The molecule has 0 spiro atoms. The SMILES string of the molecule is CCCCOCC(O)COC(=O)CC. The van der Waals surface area contributed by atoms with E-state index < -0.39 is 6.10 Å². The highest BCUT2D eigenvalue weighted by molar-refractivity contribution is 5.68. The van der Waals surface area contributed by atoms with E-state index in [2.05, 4.69) is 6.92 Å². The van der Waals surface area contributed by atoms with Crippen LogP contribution in [0.2, 0.25) is 0 Å². The summed E-state index contributed by atoms with van der Waals surface area (Å²) in [6, 6.07) is 0. The molecule has 4 heteroatoms. The summed E-state index contributed by atoms with van der Waals surface area (Å²) in [5.74, 6) is -0.294. The number of carbonyl (C=O) groups excluding carboxylic acids is 1. The van der Waals surface area contributed by atoms with Gasteiger partial charge in [-0.2, -0.15) is 0 Å². The number of hydrogen-bond acceptors (Lipinski definition) is 4. The smallest absolute Gasteiger partial charge is 0.305 e.